The van der Waals surface area contributed by atoms with Crippen molar-refractivity contribution in [2.24, 2.45) is 0 Å². The molecule has 31 heavy (non-hydrogen) atoms. The van der Waals surface area contributed by atoms with Crippen LogP contribution < -0.4 is 29.2 Å². The van der Waals surface area contributed by atoms with E-state index < -0.39 is 0 Å². The maximum atomic E-state index is 12.8. The average molecular weight is 426 g/mol. The largest absolute Gasteiger partial charge is 0.490 e. The molecule has 4 rings (SSSR count). The lowest BCUT2D eigenvalue weighted by Gasteiger charge is -2.22. The highest BCUT2D eigenvalue weighted by atomic mass is 16.6. The summed E-state index contributed by atoms with van der Waals surface area (Å²) in [5.41, 5.74) is 1.18. The van der Waals surface area contributed by atoms with E-state index in [9.17, 15) is 9.59 Å². The van der Waals surface area contributed by atoms with E-state index in [0.29, 0.717) is 61.5 Å². The topological polar surface area (TPSA) is 86.3 Å². The minimum Gasteiger partial charge on any atom is -0.490 e. The molecule has 2 aliphatic heterocycles. The summed E-state index contributed by atoms with van der Waals surface area (Å²) in [4.78, 5) is 27.0. The summed E-state index contributed by atoms with van der Waals surface area (Å²) in [7, 11) is 0. The van der Waals surface area contributed by atoms with Crippen LogP contribution in [0.25, 0.3) is 0 Å². The van der Waals surface area contributed by atoms with Crippen molar-refractivity contribution in [1.82, 2.24) is 5.32 Å². The molecule has 164 valence electrons. The molecule has 1 fully saturated rings. The summed E-state index contributed by atoms with van der Waals surface area (Å²) < 4.78 is 22.3. The van der Waals surface area contributed by atoms with E-state index >= 15 is 0 Å². The van der Waals surface area contributed by atoms with Crippen LogP contribution in [-0.2, 0) is 4.79 Å². The van der Waals surface area contributed by atoms with Crippen LogP contribution in [0.3, 0.4) is 0 Å². The Morgan fingerprint density at radius 3 is 2.55 bits per heavy atom. The predicted molar refractivity (Wildman–Crippen MR) is 114 cm³/mol. The number of fused-ring (bicyclic) bond motifs is 1. The van der Waals surface area contributed by atoms with Gasteiger partial charge in [0.25, 0.3) is 5.91 Å². The number of hydrogen-bond acceptors (Lipinski definition) is 6. The molecule has 0 aromatic heterocycles. The highest BCUT2D eigenvalue weighted by molar-refractivity contribution is 5.99. The number of rotatable bonds is 7. The second kappa shape index (κ2) is 9.16. The Labute approximate surface area is 181 Å². The number of amides is 2. The molecule has 2 heterocycles. The number of nitrogens with zero attached hydrogens (tertiary/aromatic N) is 1. The van der Waals surface area contributed by atoms with Gasteiger partial charge in [-0.25, -0.2) is 0 Å². The lowest BCUT2D eigenvalue weighted by Crippen LogP contribution is -2.37. The van der Waals surface area contributed by atoms with Crippen LogP contribution in [0.5, 0.6) is 23.0 Å². The van der Waals surface area contributed by atoms with Gasteiger partial charge in [-0.3, -0.25) is 9.59 Å². The average Bonchev–Trinajstić information content (AvgIpc) is 3.14. The van der Waals surface area contributed by atoms with Gasteiger partial charge in [0.05, 0.1) is 19.3 Å². The van der Waals surface area contributed by atoms with Crippen LogP contribution >= 0.6 is 0 Å². The molecule has 2 aromatic rings. The van der Waals surface area contributed by atoms with Crippen molar-refractivity contribution in [2.75, 3.05) is 37.9 Å². The zero-order valence-corrected chi connectivity index (χ0v) is 17.7. The van der Waals surface area contributed by atoms with Crippen molar-refractivity contribution in [3.05, 3.63) is 42.0 Å². The van der Waals surface area contributed by atoms with Gasteiger partial charge in [-0.15, -0.1) is 0 Å². The highest BCUT2D eigenvalue weighted by Crippen LogP contribution is 2.35. The van der Waals surface area contributed by atoms with Crippen LogP contribution in [0.1, 0.15) is 30.6 Å². The molecule has 0 bridgehead atoms. The van der Waals surface area contributed by atoms with E-state index in [2.05, 4.69) is 5.32 Å². The van der Waals surface area contributed by atoms with Crippen molar-refractivity contribution in [2.45, 2.75) is 26.3 Å². The van der Waals surface area contributed by atoms with Crippen LogP contribution in [0.2, 0.25) is 0 Å². The van der Waals surface area contributed by atoms with Crippen LogP contribution in [0.4, 0.5) is 5.69 Å². The molecule has 1 N–H and O–H groups in total. The summed E-state index contributed by atoms with van der Waals surface area (Å²) >= 11 is 0. The van der Waals surface area contributed by atoms with Crippen LogP contribution in [0, 0.1) is 0 Å². The summed E-state index contributed by atoms with van der Waals surface area (Å²) in [5.74, 6) is 2.11. The lowest BCUT2D eigenvalue weighted by molar-refractivity contribution is -0.117. The van der Waals surface area contributed by atoms with Gasteiger partial charge in [-0.1, -0.05) is 0 Å². The predicted octanol–water partition coefficient (Wildman–Crippen LogP) is 2.79. The molecule has 1 unspecified atom stereocenters. The molecule has 2 amide bonds. The fraction of sp³-hybridized carbons (Fsp3) is 0.391. The van der Waals surface area contributed by atoms with Crippen molar-refractivity contribution in [1.29, 1.82) is 0 Å². The van der Waals surface area contributed by atoms with Gasteiger partial charge in [0.1, 0.15) is 13.2 Å². The number of nitrogens with one attached hydrogen (secondary N) is 1. The number of ether oxygens (including phenoxy) is 4. The molecule has 0 spiro atoms. The van der Waals surface area contributed by atoms with E-state index in [-0.39, 0.29) is 24.3 Å². The quantitative estimate of drug-likeness (QED) is 0.733. The minimum absolute atomic E-state index is 0.0522. The lowest BCUT2D eigenvalue weighted by atomic mass is 10.1. The van der Waals surface area contributed by atoms with Gasteiger partial charge in [0, 0.05) is 30.3 Å². The highest BCUT2D eigenvalue weighted by Gasteiger charge is 2.32. The number of benzene rings is 2. The Balaban J connectivity index is 1.44. The van der Waals surface area contributed by atoms with Crippen molar-refractivity contribution in [3.8, 4) is 23.0 Å². The van der Waals surface area contributed by atoms with Crippen LogP contribution in [0.15, 0.2) is 36.4 Å². The number of carbonyl (C=O) groups is 2. The second-order valence-corrected chi connectivity index (χ2v) is 7.23. The summed E-state index contributed by atoms with van der Waals surface area (Å²) in [5, 5.41) is 2.95. The molecule has 0 saturated carbocycles. The Bertz CT molecular complexity index is 977. The summed E-state index contributed by atoms with van der Waals surface area (Å²) in [6.45, 7) is 6.12. The SMILES string of the molecule is CCOc1ccc(C(=O)NC2CC(=O)N(c3ccc4c(c3)OCCO4)C2)cc1OCC. The van der Waals surface area contributed by atoms with E-state index in [1.807, 2.05) is 19.9 Å². The zero-order chi connectivity index (χ0) is 21.8. The molecule has 0 aliphatic carbocycles. The van der Waals surface area contributed by atoms with Gasteiger partial charge in [-0.05, 0) is 44.2 Å². The molecule has 8 nitrogen and oxygen atoms in total. The molecule has 0 radical (unpaired) electrons. The third kappa shape index (κ3) is 4.52. The number of carbonyl (C=O) groups excluding carboxylic acids is 2. The monoisotopic (exact) mass is 426 g/mol. The minimum atomic E-state index is -0.296. The van der Waals surface area contributed by atoms with Crippen molar-refractivity contribution >= 4 is 17.5 Å². The first-order valence-corrected chi connectivity index (χ1v) is 10.5. The first kappa shape index (κ1) is 20.8. The van der Waals surface area contributed by atoms with Crippen LogP contribution in [-0.4, -0.2) is 50.8 Å². The summed E-state index contributed by atoms with van der Waals surface area (Å²) in [6, 6.07) is 10.2. The Morgan fingerprint density at radius 1 is 1.03 bits per heavy atom. The first-order valence-electron chi connectivity index (χ1n) is 10.5. The van der Waals surface area contributed by atoms with E-state index in [1.165, 1.54) is 0 Å². The standard InChI is InChI=1S/C23H26N2O6/c1-3-28-18-7-5-15(11-20(18)29-4-2)23(27)24-16-12-22(26)25(14-16)17-6-8-19-21(13-17)31-10-9-30-19/h5-8,11,13,16H,3-4,9-10,12,14H2,1-2H3,(H,24,27). The van der Waals surface area contributed by atoms with Gasteiger partial charge >= 0.3 is 0 Å². The van der Waals surface area contributed by atoms with Gasteiger partial charge in [0.15, 0.2) is 23.0 Å². The van der Waals surface area contributed by atoms with E-state index in [0.717, 1.165) is 5.69 Å². The van der Waals surface area contributed by atoms with E-state index in [4.69, 9.17) is 18.9 Å². The molecule has 2 aliphatic rings. The molecular formula is C23H26N2O6. The molecule has 2 aromatic carbocycles. The second-order valence-electron chi connectivity index (χ2n) is 7.23. The smallest absolute Gasteiger partial charge is 0.251 e. The Kier molecular flexibility index (Phi) is 6.16. The summed E-state index contributed by atoms with van der Waals surface area (Å²) in [6.07, 6.45) is 0.232. The number of hydrogen-bond donors (Lipinski definition) is 1. The van der Waals surface area contributed by atoms with Crippen molar-refractivity contribution < 1.29 is 28.5 Å². The fourth-order valence-electron chi connectivity index (χ4n) is 3.71. The Morgan fingerprint density at radius 2 is 1.77 bits per heavy atom. The first-order chi connectivity index (χ1) is 15.1. The molecule has 1 saturated heterocycles. The van der Waals surface area contributed by atoms with E-state index in [1.54, 1.807) is 35.2 Å². The number of anilines is 1. The zero-order valence-electron chi connectivity index (χ0n) is 17.7. The molecule has 8 heteroatoms. The normalized spacial score (nSPS) is 17.4. The van der Waals surface area contributed by atoms with Gasteiger partial charge in [0.2, 0.25) is 5.91 Å². The molecule has 1 atom stereocenters. The van der Waals surface area contributed by atoms with Crippen molar-refractivity contribution in [3.63, 3.8) is 0 Å². The maximum absolute atomic E-state index is 12.8. The third-order valence-corrected chi connectivity index (χ3v) is 5.10. The van der Waals surface area contributed by atoms with Gasteiger partial charge in [-0.2, -0.15) is 0 Å². The fourth-order valence-corrected chi connectivity index (χ4v) is 3.71. The third-order valence-electron chi connectivity index (χ3n) is 5.10. The maximum Gasteiger partial charge on any atom is 0.251 e. The van der Waals surface area contributed by atoms with Gasteiger partial charge < -0.3 is 29.2 Å². The Hall–Kier alpha value is -3.42. The molecular weight excluding hydrogens is 400 g/mol.